The summed E-state index contributed by atoms with van der Waals surface area (Å²) in [6.07, 6.45) is 2.09. The first-order valence-electron chi connectivity index (χ1n) is 14.8. The van der Waals surface area contributed by atoms with Crippen molar-refractivity contribution in [2.75, 3.05) is 62.7 Å². The summed E-state index contributed by atoms with van der Waals surface area (Å²) in [6, 6.07) is 11.7. The van der Waals surface area contributed by atoms with Crippen LogP contribution in [0.3, 0.4) is 0 Å². The molecule has 1 amide bonds. The summed E-state index contributed by atoms with van der Waals surface area (Å²) in [5.74, 6) is -0.726. The van der Waals surface area contributed by atoms with E-state index in [9.17, 15) is 19.6 Å². The van der Waals surface area contributed by atoms with Gasteiger partial charge in [-0.05, 0) is 61.2 Å². The minimum atomic E-state index is -0.418. The van der Waals surface area contributed by atoms with Gasteiger partial charge in [0, 0.05) is 68.6 Å². The fourth-order valence-electron chi connectivity index (χ4n) is 6.39. The number of rotatable bonds is 6. The largest absolute Gasteiger partial charge is 0.389 e. The number of nitriles is 1. The number of aryl methyl sites for hydroxylation is 1. The van der Waals surface area contributed by atoms with Crippen molar-refractivity contribution in [3.63, 3.8) is 0 Å². The van der Waals surface area contributed by atoms with E-state index in [1.54, 1.807) is 23.1 Å². The van der Waals surface area contributed by atoms with E-state index in [1.165, 1.54) is 23.5 Å². The van der Waals surface area contributed by atoms with Crippen LogP contribution in [0, 0.1) is 23.0 Å². The van der Waals surface area contributed by atoms with Gasteiger partial charge in [0.15, 0.2) is 10.9 Å². The molecule has 2 aromatic heterocycles. The number of aromatic nitrogens is 2. The van der Waals surface area contributed by atoms with E-state index in [0.717, 1.165) is 41.9 Å². The van der Waals surface area contributed by atoms with Crippen LogP contribution in [-0.4, -0.2) is 89.7 Å². The zero-order valence-corrected chi connectivity index (χ0v) is 25.1. The van der Waals surface area contributed by atoms with Gasteiger partial charge >= 0.3 is 0 Å². The highest BCUT2D eigenvalue weighted by molar-refractivity contribution is 7.16. The van der Waals surface area contributed by atoms with Crippen LogP contribution in [0.5, 0.6) is 0 Å². The quantitative estimate of drug-likeness (QED) is 0.347. The summed E-state index contributed by atoms with van der Waals surface area (Å²) in [6.45, 7) is 3.73. The Hall–Kier alpha value is -4.18. The van der Waals surface area contributed by atoms with Crippen molar-refractivity contribution in [1.82, 2.24) is 19.8 Å². The molecule has 0 atom stereocenters. The van der Waals surface area contributed by atoms with Gasteiger partial charge in [-0.1, -0.05) is 11.3 Å². The van der Waals surface area contributed by atoms with Crippen molar-refractivity contribution in [1.29, 1.82) is 5.26 Å². The molecule has 0 bridgehead atoms. The van der Waals surface area contributed by atoms with E-state index in [0.29, 0.717) is 78.0 Å². The molecule has 2 aromatic carbocycles. The summed E-state index contributed by atoms with van der Waals surface area (Å²) in [5, 5.41) is 20.7. The van der Waals surface area contributed by atoms with Gasteiger partial charge in [-0.3, -0.25) is 9.69 Å². The Morgan fingerprint density at radius 2 is 1.86 bits per heavy atom. The molecule has 44 heavy (non-hydrogen) atoms. The monoisotopic (exact) mass is 615 g/mol. The Morgan fingerprint density at radius 3 is 2.57 bits per heavy atom. The number of carbonyl (C=O) groups is 1. The van der Waals surface area contributed by atoms with Crippen molar-refractivity contribution < 1.29 is 18.7 Å². The molecule has 9 nitrogen and oxygen atoms in total. The van der Waals surface area contributed by atoms with Gasteiger partial charge < -0.3 is 19.8 Å². The van der Waals surface area contributed by atoms with Crippen molar-refractivity contribution in [2.24, 2.45) is 0 Å². The average molecular weight is 616 g/mol. The average Bonchev–Trinajstić information content (AvgIpc) is 3.66. The molecule has 226 valence electrons. The predicted octanol–water partition coefficient (Wildman–Crippen LogP) is 4.09. The third-order valence-electron chi connectivity index (χ3n) is 8.79. The Balaban J connectivity index is 1.20. The summed E-state index contributed by atoms with van der Waals surface area (Å²) < 4.78 is 29.4. The molecule has 2 saturated heterocycles. The number of aliphatic hydroxyl groups excluding tert-OH is 1. The van der Waals surface area contributed by atoms with Gasteiger partial charge in [0.05, 0.1) is 18.3 Å². The summed E-state index contributed by atoms with van der Waals surface area (Å²) >= 11 is 1.25. The molecular weight excluding hydrogens is 584 g/mol. The minimum Gasteiger partial charge on any atom is -0.389 e. The van der Waals surface area contributed by atoms with Crippen LogP contribution in [0.4, 0.5) is 25.3 Å². The van der Waals surface area contributed by atoms with E-state index in [-0.39, 0.29) is 17.5 Å². The fourth-order valence-corrected chi connectivity index (χ4v) is 7.24. The number of halogens is 2. The van der Waals surface area contributed by atoms with Gasteiger partial charge in [0.1, 0.15) is 28.0 Å². The number of piperazine rings is 1. The summed E-state index contributed by atoms with van der Waals surface area (Å²) in [4.78, 5) is 30.3. The zero-order chi connectivity index (χ0) is 30.5. The molecule has 1 aliphatic carbocycles. The number of hydrogen-bond donors (Lipinski definition) is 1. The summed E-state index contributed by atoms with van der Waals surface area (Å²) in [5.41, 5.74) is 5.00. The van der Waals surface area contributed by atoms with Crippen LogP contribution in [0.1, 0.15) is 22.6 Å². The summed E-state index contributed by atoms with van der Waals surface area (Å²) in [7, 11) is 1.89. The predicted molar refractivity (Wildman–Crippen MR) is 165 cm³/mol. The number of likely N-dealkylation sites (tertiary alicyclic amines) is 1. The molecule has 2 fully saturated rings. The minimum absolute atomic E-state index is 0.0254. The molecule has 7 rings (SSSR count). The van der Waals surface area contributed by atoms with Gasteiger partial charge in [-0.15, -0.1) is 0 Å². The fraction of sp³-hybridized carbons (Fsp3) is 0.375. The lowest BCUT2D eigenvalue weighted by molar-refractivity contribution is -0.142. The first-order chi connectivity index (χ1) is 21.3. The number of β-amino-alcohol motifs (C(OH)–C–C–N with tert-alkyl or cyclic N) is 1. The molecule has 12 heteroatoms. The van der Waals surface area contributed by atoms with E-state index in [1.807, 2.05) is 18.0 Å². The Labute approximate surface area is 257 Å². The van der Waals surface area contributed by atoms with Crippen molar-refractivity contribution in [2.45, 2.75) is 25.4 Å². The number of aliphatic hydroxyl groups is 1. The third-order valence-corrected chi connectivity index (χ3v) is 9.83. The van der Waals surface area contributed by atoms with E-state index in [4.69, 9.17) is 9.97 Å². The Kier molecular flexibility index (Phi) is 7.40. The van der Waals surface area contributed by atoms with E-state index < -0.39 is 6.10 Å². The second-order valence-electron chi connectivity index (χ2n) is 11.6. The number of pyridine rings is 1. The number of fused-ring (bicyclic) bond motifs is 2. The van der Waals surface area contributed by atoms with Gasteiger partial charge in [0.2, 0.25) is 5.91 Å². The SMILES string of the molecule is CN(c1nc(-c2ccc(F)cc2)c(C#N)s1)c1c2c(nc3c(F)cc(N4CCN(CC(=O)N5CC(O)C5)CC4)cc13)CCC2. The highest BCUT2D eigenvalue weighted by Crippen LogP contribution is 2.43. The molecule has 3 aliphatic rings. The number of thiazole rings is 1. The molecule has 4 heterocycles. The molecule has 0 saturated carbocycles. The maximum absolute atomic E-state index is 15.8. The molecule has 4 aromatic rings. The Morgan fingerprint density at radius 1 is 1.11 bits per heavy atom. The number of benzene rings is 2. The van der Waals surface area contributed by atoms with Crippen molar-refractivity contribution >= 4 is 44.7 Å². The van der Waals surface area contributed by atoms with E-state index >= 15 is 4.39 Å². The molecule has 0 unspecified atom stereocenters. The smallest absolute Gasteiger partial charge is 0.236 e. The lowest BCUT2D eigenvalue weighted by Gasteiger charge is -2.40. The second kappa shape index (κ2) is 11.4. The highest BCUT2D eigenvalue weighted by atomic mass is 32.1. The normalized spacial score (nSPS) is 17.1. The highest BCUT2D eigenvalue weighted by Gasteiger charge is 2.31. The van der Waals surface area contributed by atoms with Crippen LogP contribution >= 0.6 is 11.3 Å². The number of nitrogens with zero attached hydrogens (tertiary/aromatic N) is 7. The number of hydrogen-bond acceptors (Lipinski definition) is 9. The molecular formula is C32H31F2N7O2S. The van der Waals surface area contributed by atoms with Gasteiger partial charge in [0.25, 0.3) is 0 Å². The lowest BCUT2D eigenvalue weighted by Crippen LogP contribution is -2.57. The van der Waals surface area contributed by atoms with Crippen LogP contribution in [-0.2, 0) is 17.6 Å². The van der Waals surface area contributed by atoms with Crippen molar-refractivity contribution in [3.05, 3.63) is 64.2 Å². The maximum atomic E-state index is 15.8. The topological polar surface area (TPSA) is 99.8 Å². The van der Waals surface area contributed by atoms with Crippen molar-refractivity contribution in [3.8, 4) is 17.3 Å². The van der Waals surface area contributed by atoms with E-state index in [2.05, 4.69) is 15.9 Å². The number of amides is 1. The van der Waals surface area contributed by atoms with Crippen LogP contribution in [0.25, 0.3) is 22.2 Å². The molecule has 2 aliphatic heterocycles. The Bertz CT molecular complexity index is 1790. The number of carbonyl (C=O) groups excluding carboxylic acids is 1. The maximum Gasteiger partial charge on any atom is 0.236 e. The van der Waals surface area contributed by atoms with Gasteiger partial charge in [-0.2, -0.15) is 5.26 Å². The van der Waals surface area contributed by atoms with Crippen LogP contribution < -0.4 is 9.80 Å². The molecule has 0 radical (unpaired) electrons. The zero-order valence-electron chi connectivity index (χ0n) is 24.3. The first-order valence-corrected chi connectivity index (χ1v) is 15.6. The lowest BCUT2D eigenvalue weighted by atomic mass is 10.0. The first kappa shape index (κ1) is 28.6. The second-order valence-corrected chi connectivity index (χ2v) is 12.6. The third kappa shape index (κ3) is 5.15. The molecule has 0 spiro atoms. The van der Waals surface area contributed by atoms with Crippen LogP contribution in [0.2, 0.25) is 0 Å². The standard InChI is InChI=1S/C32H31F2N7O2S/c1-38(32-37-29(27(15-35)44-32)19-5-7-20(33)8-6-19)31-23-3-2-4-26(23)36-30-24(31)13-21(14-25(30)34)40-11-9-39(10-12-40)18-28(43)41-16-22(42)17-41/h5-8,13-14,22,42H,2-4,9-12,16-18H2,1H3. The number of anilines is 3. The van der Waals surface area contributed by atoms with Gasteiger partial charge in [-0.25, -0.2) is 18.7 Å². The molecule has 1 N–H and O–H groups in total. The van der Waals surface area contributed by atoms with Crippen LogP contribution in [0.15, 0.2) is 36.4 Å².